The van der Waals surface area contributed by atoms with Crippen LogP contribution < -0.4 is 9.47 Å². The van der Waals surface area contributed by atoms with Crippen molar-refractivity contribution in [2.24, 2.45) is 0 Å². The van der Waals surface area contributed by atoms with Crippen LogP contribution in [-0.2, 0) is 4.79 Å². The highest BCUT2D eigenvalue weighted by Gasteiger charge is 2.07. The third kappa shape index (κ3) is 4.15. The summed E-state index contributed by atoms with van der Waals surface area (Å²) in [5, 5.41) is 2.20. The molecule has 4 aromatic rings. The lowest BCUT2D eigenvalue weighted by molar-refractivity contribution is -0.136. The SMILES string of the molecule is O=C(COc1ccc2ccccc2c1)Oc1ccc(-c2ccccc2)cc1. The first-order valence-electron chi connectivity index (χ1n) is 8.76. The number of ether oxygens (including phenoxy) is 2. The van der Waals surface area contributed by atoms with E-state index in [1.807, 2.05) is 84.9 Å². The van der Waals surface area contributed by atoms with Crippen molar-refractivity contribution in [3.05, 3.63) is 97.1 Å². The molecule has 0 bridgehead atoms. The second-order valence-electron chi connectivity index (χ2n) is 6.16. The van der Waals surface area contributed by atoms with Crippen LogP contribution in [0, 0.1) is 0 Å². The van der Waals surface area contributed by atoms with E-state index in [0.29, 0.717) is 11.5 Å². The quantitative estimate of drug-likeness (QED) is 0.351. The lowest BCUT2D eigenvalue weighted by Crippen LogP contribution is -2.17. The normalized spacial score (nSPS) is 10.5. The Bertz CT molecular complexity index is 1050. The zero-order chi connectivity index (χ0) is 18.5. The first kappa shape index (κ1) is 16.9. The Hall–Kier alpha value is -3.59. The number of fused-ring (bicyclic) bond motifs is 1. The Morgan fingerprint density at radius 3 is 2.04 bits per heavy atom. The number of hydrogen-bond acceptors (Lipinski definition) is 3. The Balaban J connectivity index is 1.36. The highest BCUT2D eigenvalue weighted by Crippen LogP contribution is 2.23. The van der Waals surface area contributed by atoms with Crippen molar-refractivity contribution in [3.63, 3.8) is 0 Å². The van der Waals surface area contributed by atoms with Crippen LogP contribution in [-0.4, -0.2) is 12.6 Å². The van der Waals surface area contributed by atoms with Crippen LogP contribution in [0.1, 0.15) is 0 Å². The smallest absolute Gasteiger partial charge is 0.349 e. The number of rotatable bonds is 5. The molecule has 4 aromatic carbocycles. The monoisotopic (exact) mass is 354 g/mol. The highest BCUT2D eigenvalue weighted by atomic mass is 16.6. The zero-order valence-corrected chi connectivity index (χ0v) is 14.7. The standard InChI is InChI=1S/C24H18O3/c25-24(17-26-23-15-12-19-8-4-5-9-21(19)16-23)27-22-13-10-20(11-14-22)18-6-2-1-3-7-18/h1-16H,17H2. The molecule has 27 heavy (non-hydrogen) atoms. The molecule has 132 valence electrons. The molecule has 4 rings (SSSR count). The summed E-state index contributed by atoms with van der Waals surface area (Å²) < 4.78 is 10.9. The van der Waals surface area contributed by atoms with Gasteiger partial charge in [0.05, 0.1) is 0 Å². The van der Waals surface area contributed by atoms with Crippen molar-refractivity contribution in [1.29, 1.82) is 0 Å². The van der Waals surface area contributed by atoms with Crippen molar-refractivity contribution in [2.45, 2.75) is 0 Å². The maximum absolute atomic E-state index is 12.1. The largest absolute Gasteiger partial charge is 0.482 e. The minimum absolute atomic E-state index is 0.140. The average molecular weight is 354 g/mol. The van der Waals surface area contributed by atoms with E-state index in [1.165, 1.54) is 0 Å². The Labute approximate surface area is 157 Å². The van der Waals surface area contributed by atoms with Gasteiger partial charge in [0.1, 0.15) is 11.5 Å². The molecule has 0 spiro atoms. The molecule has 0 atom stereocenters. The van der Waals surface area contributed by atoms with E-state index in [4.69, 9.17) is 9.47 Å². The van der Waals surface area contributed by atoms with E-state index >= 15 is 0 Å². The lowest BCUT2D eigenvalue weighted by atomic mass is 10.1. The molecule has 0 amide bonds. The third-order valence-corrected chi connectivity index (χ3v) is 4.27. The van der Waals surface area contributed by atoms with Crippen molar-refractivity contribution in [1.82, 2.24) is 0 Å². The number of carbonyl (C=O) groups excluding carboxylic acids is 1. The molecule has 3 heteroatoms. The molecule has 0 aromatic heterocycles. The minimum atomic E-state index is -0.435. The minimum Gasteiger partial charge on any atom is -0.482 e. The second kappa shape index (κ2) is 7.75. The summed E-state index contributed by atoms with van der Waals surface area (Å²) in [6, 6.07) is 31.2. The molecule has 0 aliphatic rings. The van der Waals surface area contributed by atoms with Gasteiger partial charge in [-0.3, -0.25) is 0 Å². The molecular weight excluding hydrogens is 336 g/mol. The van der Waals surface area contributed by atoms with Crippen LogP contribution in [0.3, 0.4) is 0 Å². The number of hydrogen-bond donors (Lipinski definition) is 0. The summed E-state index contributed by atoms with van der Waals surface area (Å²) in [6.07, 6.45) is 0. The van der Waals surface area contributed by atoms with Crippen LogP contribution in [0.15, 0.2) is 97.1 Å². The molecule has 0 aliphatic heterocycles. The van der Waals surface area contributed by atoms with Crippen LogP contribution in [0.5, 0.6) is 11.5 Å². The van der Waals surface area contributed by atoms with E-state index in [0.717, 1.165) is 21.9 Å². The Morgan fingerprint density at radius 2 is 1.26 bits per heavy atom. The molecule has 0 aliphatic carbocycles. The molecule has 0 radical (unpaired) electrons. The van der Waals surface area contributed by atoms with Gasteiger partial charge in [0.2, 0.25) is 0 Å². The van der Waals surface area contributed by atoms with E-state index in [2.05, 4.69) is 0 Å². The van der Waals surface area contributed by atoms with E-state index < -0.39 is 5.97 Å². The van der Waals surface area contributed by atoms with Crippen molar-refractivity contribution in [3.8, 4) is 22.6 Å². The van der Waals surface area contributed by atoms with Crippen LogP contribution in [0.4, 0.5) is 0 Å². The lowest BCUT2D eigenvalue weighted by Gasteiger charge is -2.08. The fourth-order valence-corrected chi connectivity index (χ4v) is 2.91. The van der Waals surface area contributed by atoms with Gasteiger partial charge in [-0.25, -0.2) is 4.79 Å². The van der Waals surface area contributed by atoms with Crippen molar-refractivity contribution in [2.75, 3.05) is 6.61 Å². The average Bonchev–Trinajstić information content (AvgIpc) is 2.73. The van der Waals surface area contributed by atoms with E-state index in [1.54, 1.807) is 12.1 Å². The molecule has 0 saturated carbocycles. The fourth-order valence-electron chi connectivity index (χ4n) is 2.91. The van der Waals surface area contributed by atoms with Gasteiger partial charge in [0.15, 0.2) is 6.61 Å². The first-order valence-corrected chi connectivity index (χ1v) is 8.76. The maximum atomic E-state index is 12.1. The predicted octanol–water partition coefficient (Wildman–Crippen LogP) is 5.49. The second-order valence-corrected chi connectivity index (χ2v) is 6.16. The fraction of sp³-hybridized carbons (Fsp3) is 0.0417. The molecular formula is C24H18O3. The molecule has 0 heterocycles. The Kier molecular flexibility index (Phi) is 4.84. The summed E-state index contributed by atoms with van der Waals surface area (Å²) in [5.41, 5.74) is 2.19. The van der Waals surface area contributed by atoms with Gasteiger partial charge in [0.25, 0.3) is 0 Å². The first-order chi connectivity index (χ1) is 13.3. The highest BCUT2D eigenvalue weighted by molar-refractivity contribution is 5.84. The van der Waals surface area contributed by atoms with Crippen LogP contribution in [0.25, 0.3) is 21.9 Å². The van der Waals surface area contributed by atoms with Crippen LogP contribution >= 0.6 is 0 Å². The van der Waals surface area contributed by atoms with Gasteiger partial charge in [0, 0.05) is 0 Å². The predicted molar refractivity (Wildman–Crippen MR) is 107 cm³/mol. The van der Waals surface area contributed by atoms with Crippen molar-refractivity contribution >= 4 is 16.7 Å². The van der Waals surface area contributed by atoms with Crippen molar-refractivity contribution < 1.29 is 14.3 Å². The zero-order valence-electron chi connectivity index (χ0n) is 14.7. The van der Waals surface area contributed by atoms with Gasteiger partial charge in [-0.05, 0) is 46.2 Å². The Morgan fingerprint density at radius 1 is 0.630 bits per heavy atom. The van der Waals surface area contributed by atoms with Gasteiger partial charge in [-0.2, -0.15) is 0 Å². The topological polar surface area (TPSA) is 35.5 Å². The van der Waals surface area contributed by atoms with Gasteiger partial charge in [-0.1, -0.05) is 72.8 Å². The van der Waals surface area contributed by atoms with Gasteiger partial charge >= 0.3 is 5.97 Å². The molecule has 0 unspecified atom stereocenters. The molecule has 0 N–H and O–H groups in total. The molecule has 0 fully saturated rings. The van der Waals surface area contributed by atoms with E-state index in [-0.39, 0.29) is 6.61 Å². The summed E-state index contributed by atoms with van der Waals surface area (Å²) in [5.74, 6) is 0.711. The molecule has 0 saturated heterocycles. The summed E-state index contributed by atoms with van der Waals surface area (Å²) in [7, 11) is 0. The van der Waals surface area contributed by atoms with Gasteiger partial charge < -0.3 is 9.47 Å². The third-order valence-electron chi connectivity index (χ3n) is 4.27. The number of carbonyl (C=O) groups is 1. The van der Waals surface area contributed by atoms with E-state index in [9.17, 15) is 4.79 Å². The number of esters is 1. The molecule has 3 nitrogen and oxygen atoms in total. The summed E-state index contributed by atoms with van der Waals surface area (Å²) in [6.45, 7) is -0.140. The number of benzene rings is 4. The summed E-state index contributed by atoms with van der Waals surface area (Å²) >= 11 is 0. The summed E-state index contributed by atoms with van der Waals surface area (Å²) in [4.78, 5) is 12.1. The maximum Gasteiger partial charge on any atom is 0.349 e. The van der Waals surface area contributed by atoms with Gasteiger partial charge in [-0.15, -0.1) is 0 Å². The van der Waals surface area contributed by atoms with Crippen LogP contribution in [0.2, 0.25) is 0 Å².